The fourth-order valence-corrected chi connectivity index (χ4v) is 1.99. The second-order valence-corrected chi connectivity index (χ2v) is 5.10. The number of rotatable bonds is 12. The van der Waals surface area contributed by atoms with Crippen LogP contribution in [0.4, 0.5) is 0 Å². The lowest BCUT2D eigenvalue weighted by Gasteiger charge is -2.11. The van der Waals surface area contributed by atoms with Gasteiger partial charge in [0, 0.05) is 26.6 Å². The quantitative estimate of drug-likeness (QED) is 0.165. The molecular formula is C16H34IN3O2. The highest BCUT2D eigenvalue weighted by atomic mass is 127. The number of nitrogens with one attached hydrogen (secondary N) is 2. The van der Waals surface area contributed by atoms with Crippen LogP contribution in [0.1, 0.15) is 65.2 Å². The molecule has 0 unspecified atom stereocenters. The van der Waals surface area contributed by atoms with E-state index in [9.17, 15) is 4.79 Å². The van der Waals surface area contributed by atoms with E-state index in [-0.39, 0.29) is 29.9 Å². The number of nitrogens with zero attached hydrogens (tertiary/aromatic N) is 1. The topological polar surface area (TPSA) is 62.7 Å². The minimum absolute atomic E-state index is 0. The van der Waals surface area contributed by atoms with Crippen molar-refractivity contribution in [2.45, 2.75) is 65.2 Å². The van der Waals surface area contributed by atoms with Gasteiger partial charge in [-0.15, -0.1) is 24.0 Å². The van der Waals surface area contributed by atoms with E-state index in [2.05, 4.69) is 22.5 Å². The molecule has 0 heterocycles. The lowest BCUT2D eigenvalue weighted by atomic mass is 10.1. The SMILES string of the molecule is CCCCCNC(=NC)NCCCCCCC(=O)OCC.I. The molecule has 0 atom stereocenters. The Hall–Kier alpha value is -0.530. The molecule has 0 saturated heterocycles. The summed E-state index contributed by atoms with van der Waals surface area (Å²) >= 11 is 0. The largest absolute Gasteiger partial charge is 0.466 e. The number of aliphatic imine (C=N–C) groups is 1. The minimum Gasteiger partial charge on any atom is -0.466 e. The van der Waals surface area contributed by atoms with Gasteiger partial charge in [0.05, 0.1) is 6.61 Å². The molecule has 0 saturated carbocycles. The van der Waals surface area contributed by atoms with Crippen LogP contribution in [-0.4, -0.2) is 38.7 Å². The van der Waals surface area contributed by atoms with E-state index in [0.717, 1.165) is 44.7 Å². The zero-order chi connectivity index (χ0) is 15.8. The Labute approximate surface area is 153 Å². The number of unbranched alkanes of at least 4 members (excludes halogenated alkanes) is 5. The molecule has 0 aliphatic carbocycles. The Kier molecular flexibility index (Phi) is 20.0. The zero-order valence-electron chi connectivity index (χ0n) is 14.5. The van der Waals surface area contributed by atoms with Crippen LogP contribution in [0, 0.1) is 0 Å². The third-order valence-electron chi connectivity index (χ3n) is 3.20. The predicted molar refractivity (Wildman–Crippen MR) is 104 cm³/mol. The molecule has 0 aromatic carbocycles. The van der Waals surface area contributed by atoms with Gasteiger partial charge in [-0.1, -0.05) is 32.6 Å². The molecule has 5 nitrogen and oxygen atoms in total. The smallest absolute Gasteiger partial charge is 0.305 e. The van der Waals surface area contributed by atoms with E-state index in [1.165, 1.54) is 19.3 Å². The van der Waals surface area contributed by atoms with Crippen LogP contribution in [-0.2, 0) is 9.53 Å². The Morgan fingerprint density at radius 1 is 0.955 bits per heavy atom. The third-order valence-corrected chi connectivity index (χ3v) is 3.20. The van der Waals surface area contributed by atoms with Crippen LogP contribution < -0.4 is 10.6 Å². The van der Waals surface area contributed by atoms with Crippen molar-refractivity contribution in [3.63, 3.8) is 0 Å². The first-order valence-corrected chi connectivity index (χ1v) is 8.34. The van der Waals surface area contributed by atoms with Crippen molar-refractivity contribution in [3.05, 3.63) is 0 Å². The van der Waals surface area contributed by atoms with Gasteiger partial charge in [-0.25, -0.2) is 0 Å². The van der Waals surface area contributed by atoms with Crippen molar-refractivity contribution in [1.29, 1.82) is 0 Å². The van der Waals surface area contributed by atoms with Crippen molar-refractivity contribution in [1.82, 2.24) is 10.6 Å². The Morgan fingerprint density at radius 3 is 2.09 bits per heavy atom. The second kappa shape index (κ2) is 18.5. The maximum absolute atomic E-state index is 11.1. The summed E-state index contributed by atoms with van der Waals surface area (Å²) < 4.78 is 4.90. The summed E-state index contributed by atoms with van der Waals surface area (Å²) in [5.41, 5.74) is 0. The van der Waals surface area contributed by atoms with Gasteiger partial charge in [-0.05, 0) is 26.2 Å². The van der Waals surface area contributed by atoms with Crippen molar-refractivity contribution in [3.8, 4) is 0 Å². The van der Waals surface area contributed by atoms with Crippen LogP contribution in [0.5, 0.6) is 0 Å². The number of hydrogen-bond acceptors (Lipinski definition) is 3. The highest BCUT2D eigenvalue weighted by Crippen LogP contribution is 2.03. The van der Waals surface area contributed by atoms with Crippen LogP contribution in [0.3, 0.4) is 0 Å². The number of guanidine groups is 1. The number of carbonyl (C=O) groups excluding carboxylic acids is 1. The van der Waals surface area contributed by atoms with Crippen LogP contribution in [0.25, 0.3) is 0 Å². The molecule has 0 aromatic heterocycles. The molecule has 0 bridgehead atoms. The van der Waals surface area contributed by atoms with Gasteiger partial charge in [0.2, 0.25) is 0 Å². The molecule has 0 aliphatic rings. The average molecular weight is 427 g/mol. The number of carbonyl (C=O) groups is 1. The highest BCUT2D eigenvalue weighted by Gasteiger charge is 2.01. The first kappa shape index (κ1) is 23.7. The molecule has 132 valence electrons. The maximum atomic E-state index is 11.1. The molecule has 22 heavy (non-hydrogen) atoms. The van der Waals surface area contributed by atoms with Gasteiger partial charge in [0.25, 0.3) is 0 Å². The summed E-state index contributed by atoms with van der Waals surface area (Å²) in [5, 5.41) is 6.63. The molecule has 0 radical (unpaired) electrons. The highest BCUT2D eigenvalue weighted by molar-refractivity contribution is 14.0. The van der Waals surface area contributed by atoms with Crippen molar-refractivity contribution >= 4 is 35.9 Å². The van der Waals surface area contributed by atoms with Gasteiger partial charge in [-0.3, -0.25) is 9.79 Å². The van der Waals surface area contributed by atoms with Crippen molar-refractivity contribution in [2.24, 2.45) is 4.99 Å². The van der Waals surface area contributed by atoms with Gasteiger partial charge < -0.3 is 15.4 Å². The van der Waals surface area contributed by atoms with E-state index in [4.69, 9.17) is 4.74 Å². The molecule has 0 amide bonds. The lowest BCUT2D eigenvalue weighted by Crippen LogP contribution is -2.38. The predicted octanol–water partition coefficient (Wildman–Crippen LogP) is 3.47. The molecule has 0 fully saturated rings. The average Bonchev–Trinajstić information content (AvgIpc) is 2.48. The van der Waals surface area contributed by atoms with E-state index in [0.29, 0.717) is 13.0 Å². The van der Waals surface area contributed by atoms with Gasteiger partial charge in [0.15, 0.2) is 5.96 Å². The zero-order valence-corrected chi connectivity index (χ0v) is 16.8. The number of hydrogen-bond donors (Lipinski definition) is 2. The summed E-state index contributed by atoms with van der Waals surface area (Å²) in [5.74, 6) is 0.810. The van der Waals surface area contributed by atoms with Gasteiger partial charge >= 0.3 is 5.97 Å². The molecule has 0 aromatic rings. The standard InChI is InChI=1S/C16H33N3O2.HI/c1-4-6-10-13-18-16(17-3)19-14-11-8-7-9-12-15(20)21-5-2;/h4-14H2,1-3H3,(H2,17,18,19);1H. The molecular weight excluding hydrogens is 393 g/mol. The summed E-state index contributed by atoms with van der Waals surface area (Å²) in [4.78, 5) is 15.3. The van der Waals surface area contributed by atoms with E-state index >= 15 is 0 Å². The summed E-state index contributed by atoms with van der Waals surface area (Å²) in [6.45, 7) is 6.43. The summed E-state index contributed by atoms with van der Waals surface area (Å²) in [6, 6.07) is 0. The van der Waals surface area contributed by atoms with E-state index < -0.39 is 0 Å². The third kappa shape index (κ3) is 15.9. The van der Waals surface area contributed by atoms with E-state index in [1.807, 2.05) is 6.92 Å². The Morgan fingerprint density at radius 2 is 1.55 bits per heavy atom. The molecule has 6 heteroatoms. The Bertz CT molecular complexity index is 287. The maximum Gasteiger partial charge on any atom is 0.305 e. The lowest BCUT2D eigenvalue weighted by molar-refractivity contribution is -0.143. The van der Waals surface area contributed by atoms with Crippen molar-refractivity contribution in [2.75, 3.05) is 26.7 Å². The summed E-state index contributed by atoms with van der Waals surface area (Å²) in [6.07, 6.45) is 8.43. The molecule has 0 spiro atoms. The fourth-order valence-electron chi connectivity index (χ4n) is 1.99. The summed E-state index contributed by atoms with van der Waals surface area (Å²) in [7, 11) is 1.80. The monoisotopic (exact) mass is 427 g/mol. The minimum atomic E-state index is -0.0766. The fraction of sp³-hybridized carbons (Fsp3) is 0.875. The second-order valence-electron chi connectivity index (χ2n) is 5.10. The van der Waals surface area contributed by atoms with Gasteiger partial charge in [-0.2, -0.15) is 0 Å². The molecule has 0 aliphatic heterocycles. The van der Waals surface area contributed by atoms with Crippen molar-refractivity contribution < 1.29 is 9.53 Å². The van der Waals surface area contributed by atoms with Crippen LogP contribution in [0.15, 0.2) is 4.99 Å². The first-order chi connectivity index (χ1) is 10.2. The van der Waals surface area contributed by atoms with E-state index in [1.54, 1.807) is 7.05 Å². The number of esters is 1. The number of ether oxygens (including phenoxy) is 1. The van der Waals surface area contributed by atoms with Crippen LogP contribution in [0.2, 0.25) is 0 Å². The first-order valence-electron chi connectivity index (χ1n) is 8.34. The normalized spacial score (nSPS) is 10.8. The molecule has 2 N–H and O–H groups in total. The number of halogens is 1. The van der Waals surface area contributed by atoms with Crippen LogP contribution >= 0.6 is 24.0 Å². The Balaban J connectivity index is 0. The van der Waals surface area contributed by atoms with Gasteiger partial charge in [0.1, 0.15) is 0 Å². The molecule has 0 rings (SSSR count).